The van der Waals surface area contributed by atoms with Gasteiger partial charge in [-0.25, -0.2) is 0 Å². The maximum Gasteiger partial charge on any atom is 0.0477 e. The molecule has 0 heterocycles. The van der Waals surface area contributed by atoms with Crippen LogP contribution >= 0.6 is 0 Å². The fourth-order valence-electron chi connectivity index (χ4n) is 1.51. The Morgan fingerprint density at radius 1 is 1.44 bits per heavy atom. The molecule has 0 bridgehead atoms. The molecule has 1 aliphatic carbocycles. The summed E-state index contributed by atoms with van der Waals surface area (Å²) >= 11 is 0. The predicted molar refractivity (Wildman–Crippen MR) is 42.3 cm³/mol. The van der Waals surface area contributed by atoms with Gasteiger partial charge >= 0.3 is 0 Å². The van der Waals surface area contributed by atoms with E-state index in [0.717, 1.165) is 5.54 Å². The van der Waals surface area contributed by atoms with Crippen molar-refractivity contribution in [2.75, 3.05) is 6.61 Å². The maximum atomic E-state index is 8.76. The van der Waals surface area contributed by atoms with Gasteiger partial charge in [-0.2, -0.15) is 0 Å². The first-order valence-corrected chi connectivity index (χ1v) is 7.24. The lowest BCUT2D eigenvalue weighted by Gasteiger charge is -2.14. The van der Waals surface area contributed by atoms with E-state index in [1.54, 1.807) is 0 Å². The average molecular weight is 144 g/mol. The summed E-state index contributed by atoms with van der Waals surface area (Å²) in [6, 6.07) is 0. The molecule has 0 aromatic carbocycles. The van der Waals surface area contributed by atoms with E-state index in [-0.39, 0.29) is 0 Å². The fourth-order valence-corrected chi connectivity index (χ4v) is 4.04. The third-order valence-corrected chi connectivity index (χ3v) is 5.20. The topological polar surface area (TPSA) is 20.2 Å². The van der Waals surface area contributed by atoms with Gasteiger partial charge in [-0.15, -0.1) is 0 Å². The average Bonchev–Trinajstić information content (AvgIpc) is 2.39. The fraction of sp³-hybridized carbons (Fsp3) is 1.00. The zero-order valence-corrected chi connectivity index (χ0v) is 7.52. The van der Waals surface area contributed by atoms with Gasteiger partial charge in [-0.1, -0.05) is 19.6 Å². The van der Waals surface area contributed by atoms with Crippen molar-refractivity contribution in [1.82, 2.24) is 0 Å². The summed E-state index contributed by atoms with van der Waals surface area (Å²) in [5.74, 6) is 0.677. The van der Waals surface area contributed by atoms with Crippen LogP contribution in [0, 0.1) is 5.92 Å². The minimum absolute atomic E-state index is 0.426. The summed E-state index contributed by atoms with van der Waals surface area (Å²) < 4.78 is 0. The molecule has 1 nitrogen and oxygen atoms in total. The molecule has 1 saturated carbocycles. The highest BCUT2D eigenvalue weighted by Gasteiger charge is 2.45. The Balaban J connectivity index is 2.33. The van der Waals surface area contributed by atoms with Crippen LogP contribution in [0.1, 0.15) is 6.42 Å². The normalized spacial score (nSPS) is 34.7. The van der Waals surface area contributed by atoms with Gasteiger partial charge in [0.15, 0.2) is 0 Å². The molecule has 2 atom stereocenters. The highest BCUT2D eigenvalue weighted by molar-refractivity contribution is 6.78. The number of hydrogen-bond donors (Lipinski definition) is 1. The highest BCUT2D eigenvalue weighted by Crippen LogP contribution is 2.51. The quantitative estimate of drug-likeness (QED) is 0.585. The lowest BCUT2D eigenvalue weighted by molar-refractivity contribution is 0.276. The van der Waals surface area contributed by atoms with E-state index in [4.69, 9.17) is 5.11 Å². The summed E-state index contributed by atoms with van der Waals surface area (Å²) in [5.41, 5.74) is 0.919. The van der Waals surface area contributed by atoms with Gasteiger partial charge < -0.3 is 5.11 Å². The van der Waals surface area contributed by atoms with E-state index < -0.39 is 8.07 Å². The molecule has 1 aliphatic rings. The van der Waals surface area contributed by atoms with E-state index in [2.05, 4.69) is 19.6 Å². The largest absolute Gasteiger partial charge is 0.396 e. The predicted octanol–water partition coefficient (Wildman–Crippen LogP) is 1.71. The Hall–Kier alpha value is 0.177. The van der Waals surface area contributed by atoms with Crippen molar-refractivity contribution in [3.8, 4) is 0 Å². The van der Waals surface area contributed by atoms with Gasteiger partial charge in [-0.05, 0) is 17.9 Å². The molecule has 1 fully saturated rings. The van der Waals surface area contributed by atoms with Crippen molar-refractivity contribution in [2.24, 2.45) is 5.92 Å². The third-order valence-electron chi connectivity index (χ3n) is 2.27. The molecule has 0 saturated heterocycles. The van der Waals surface area contributed by atoms with E-state index >= 15 is 0 Å². The third kappa shape index (κ3) is 1.55. The molecule has 0 spiro atoms. The maximum absolute atomic E-state index is 8.76. The lowest BCUT2D eigenvalue weighted by Crippen LogP contribution is -2.21. The molecule has 1 N–H and O–H groups in total. The van der Waals surface area contributed by atoms with Crippen LogP contribution in [0.5, 0.6) is 0 Å². The Kier molecular flexibility index (Phi) is 1.70. The monoisotopic (exact) mass is 144 g/mol. The summed E-state index contributed by atoms with van der Waals surface area (Å²) in [7, 11) is -0.868. The van der Waals surface area contributed by atoms with Crippen LogP contribution in [-0.2, 0) is 0 Å². The van der Waals surface area contributed by atoms with Gasteiger partial charge in [0.25, 0.3) is 0 Å². The summed E-state index contributed by atoms with van der Waals surface area (Å²) in [6.07, 6.45) is 1.30. The Morgan fingerprint density at radius 3 is 2.11 bits per heavy atom. The van der Waals surface area contributed by atoms with Gasteiger partial charge in [0.1, 0.15) is 0 Å². The van der Waals surface area contributed by atoms with Crippen LogP contribution in [0.15, 0.2) is 0 Å². The summed E-state index contributed by atoms with van der Waals surface area (Å²) in [6.45, 7) is 7.57. The molecule has 0 aromatic rings. The zero-order chi connectivity index (χ0) is 7.07. The second-order valence-corrected chi connectivity index (χ2v) is 9.62. The van der Waals surface area contributed by atoms with E-state index in [1.807, 2.05) is 0 Å². The second kappa shape index (κ2) is 2.10. The number of aliphatic hydroxyl groups is 1. The van der Waals surface area contributed by atoms with Crippen LogP contribution in [0.2, 0.25) is 25.2 Å². The van der Waals surface area contributed by atoms with Crippen LogP contribution < -0.4 is 0 Å². The molecule has 9 heavy (non-hydrogen) atoms. The van der Waals surface area contributed by atoms with E-state index in [9.17, 15) is 0 Å². The van der Waals surface area contributed by atoms with Crippen LogP contribution in [-0.4, -0.2) is 19.8 Å². The first kappa shape index (κ1) is 7.29. The SMILES string of the molecule is C[Si](C)(C)[C@H]1C[C@@H]1CO. The molecule has 0 aliphatic heterocycles. The Morgan fingerprint density at radius 2 is 2.00 bits per heavy atom. The Labute approximate surface area is 58.1 Å². The molecule has 0 radical (unpaired) electrons. The molecule has 2 heteroatoms. The molecule has 1 rings (SSSR count). The lowest BCUT2D eigenvalue weighted by atomic mass is 10.5. The van der Waals surface area contributed by atoms with E-state index in [1.165, 1.54) is 6.42 Å². The number of aliphatic hydroxyl groups excluding tert-OH is 1. The minimum atomic E-state index is -0.868. The van der Waals surface area contributed by atoms with Crippen molar-refractivity contribution in [3.05, 3.63) is 0 Å². The molecule has 0 unspecified atom stereocenters. The van der Waals surface area contributed by atoms with Crippen molar-refractivity contribution >= 4 is 8.07 Å². The van der Waals surface area contributed by atoms with E-state index in [0.29, 0.717) is 12.5 Å². The van der Waals surface area contributed by atoms with Crippen molar-refractivity contribution in [3.63, 3.8) is 0 Å². The standard InChI is InChI=1S/C7H16OSi/c1-9(2,3)7-4-6(7)5-8/h6-8H,4-5H2,1-3H3/t6-,7+/m1/s1. The molecular weight excluding hydrogens is 128 g/mol. The van der Waals surface area contributed by atoms with Crippen LogP contribution in [0.25, 0.3) is 0 Å². The van der Waals surface area contributed by atoms with Crippen LogP contribution in [0.4, 0.5) is 0 Å². The molecule has 54 valence electrons. The van der Waals surface area contributed by atoms with Gasteiger partial charge in [0, 0.05) is 14.7 Å². The second-order valence-electron chi connectivity index (χ2n) is 4.15. The summed E-state index contributed by atoms with van der Waals surface area (Å²) in [5, 5.41) is 8.76. The van der Waals surface area contributed by atoms with Crippen molar-refractivity contribution in [2.45, 2.75) is 31.6 Å². The van der Waals surface area contributed by atoms with Gasteiger partial charge in [-0.3, -0.25) is 0 Å². The minimum Gasteiger partial charge on any atom is -0.396 e. The first-order chi connectivity index (χ1) is 4.05. The van der Waals surface area contributed by atoms with Crippen molar-refractivity contribution in [1.29, 1.82) is 0 Å². The summed E-state index contributed by atoms with van der Waals surface area (Å²) in [4.78, 5) is 0. The van der Waals surface area contributed by atoms with Crippen LogP contribution in [0.3, 0.4) is 0 Å². The zero-order valence-electron chi connectivity index (χ0n) is 6.52. The molecule has 0 amide bonds. The smallest absolute Gasteiger partial charge is 0.0477 e. The number of rotatable bonds is 2. The van der Waals surface area contributed by atoms with Crippen molar-refractivity contribution < 1.29 is 5.11 Å². The van der Waals surface area contributed by atoms with Gasteiger partial charge in [0.05, 0.1) is 0 Å². The van der Waals surface area contributed by atoms with Gasteiger partial charge in [0.2, 0.25) is 0 Å². The molecular formula is C7H16OSi. The number of hydrogen-bond acceptors (Lipinski definition) is 1. The first-order valence-electron chi connectivity index (χ1n) is 3.66. The molecule has 0 aromatic heterocycles. The highest BCUT2D eigenvalue weighted by atomic mass is 28.3. The Bertz CT molecular complexity index is 106.